The van der Waals surface area contributed by atoms with Crippen molar-refractivity contribution in [3.8, 4) is 0 Å². The van der Waals surface area contributed by atoms with E-state index in [4.69, 9.17) is 5.11 Å². The summed E-state index contributed by atoms with van der Waals surface area (Å²) in [4.78, 5) is 15.5. The molecule has 4 nitrogen and oxygen atoms in total. The van der Waals surface area contributed by atoms with Gasteiger partial charge in [-0.25, -0.2) is 9.37 Å². The zero-order chi connectivity index (χ0) is 15.7. The predicted octanol–water partition coefficient (Wildman–Crippen LogP) is 3.16. The highest BCUT2D eigenvalue weighted by atomic mass is 19.1. The molecule has 0 saturated carbocycles. The van der Waals surface area contributed by atoms with Crippen LogP contribution in [0.15, 0.2) is 42.5 Å². The summed E-state index contributed by atoms with van der Waals surface area (Å²) < 4.78 is 15.2. The van der Waals surface area contributed by atoms with Gasteiger partial charge in [0.25, 0.3) is 0 Å². The van der Waals surface area contributed by atoms with Crippen molar-refractivity contribution < 1.29 is 14.3 Å². The molecule has 0 amide bonds. The summed E-state index contributed by atoms with van der Waals surface area (Å²) >= 11 is 0. The smallest absolute Gasteiger partial charge is 0.311 e. The molecule has 1 N–H and O–H groups in total. The highest BCUT2D eigenvalue weighted by Gasteiger charge is 2.14. The molecule has 112 valence electrons. The van der Waals surface area contributed by atoms with E-state index < -0.39 is 5.97 Å². The average Bonchev–Trinajstić information content (AvgIpc) is 2.75. The standard InChI is InChI=1S/C17H15FN2O2/c1-11-5-6-15-14(7-11)19-16(9-17(21)22)20(15)10-12-3-2-4-13(18)8-12/h2-8H,9-10H2,1H3,(H,21,22). The minimum absolute atomic E-state index is 0.164. The SMILES string of the molecule is Cc1ccc2c(c1)nc(CC(=O)O)n2Cc1cccc(F)c1. The molecule has 0 spiro atoms. The van der Waals surface area contributed by atoms with E-state index in [-0.39, 0.29) is 12.2 Å². The number of hydrogen-bond acceptors (Lipinski definition) is 2. The zero-order valence-corrected chi connectivity index (χ0v) is 12.1. The van der Waals surface area contributed by atoms with Crippen LogP contribution >= 0.6 is 0 Å². The number of aryl methyl sites for hydroxylation is 1. The Bertz CT molecular complexity index is 855. The Labute approximate surface area is 126 Å². The number of aromatic nitrogens is 2. The maximum absolute atomic E-state index is 13.4. The summed E-state index contributed by atoms with van der Waals surface area (Å²) in [6, 6.07) is 12.1. The molecule has 3 rings (SSSR count). The van der Waals surface area contributed by atoms with Gasteiger partial charge in [0.05, 0.1) is 11.0 Å². The van der Waals surface area contributed by atoms with Crippen LogP contribution in [-0.2, 0) is 17.8 Å². The molecule has 0 radical (unpaired) electrons. The predicted molar refractivity (Wildman–Crippen MR) is 81.3 cm³/mol. The molecule has 0 atom stereocenters. The van der Waals surface area contributed by atoms with Gasteiger partial charge in [0, 0.05) is 6.54 Å². The zero-order valence-electron chi connectivity index (χ0n) is 12.1. The molecule has 1 aromatic heterocycles. The summed E-state index contributed by atoms with van der Waals surface area (Å²) in [5.74, 6) is -0.776. The highest BCUT2D eigenvalue weighted by Crippen LogP contribution is 2.20. The Balaban J connectivity index is 2.10. The molecule has 0 bridgehead atoms. The van der Waals surface area contributed by atoms with Gasteiger partial charge in [0.2, 0.25) is 0 Å². The quantitative estimate of drug-likeness (QED) is 0.805. The van der Waals surface area contributed by atoms with Crippen LogP contribution in [0.1, 0.15) is 17.0 Å². The molecule has 0 saturated heterocycles. The lowest BCUT2D eigenvalue weighted by atomic mass is 10.2. The lowest BCUT2D eigenvalue weighted by molar-refractivity contribution is -0.136. The number of carbonyl (C=O) groups is 1. The van der Waals surface area contributed by atoms with Crippen LogP contribution in [0.2, 0.25) is 0 Å². The summed E-state index contributed by atoms with van der Waals surface area (Å²) in [5, 5.41) is 9.07. The van der Waals surface area contributed by atoms with Gasteiger partial charge in [-0.2, -0.15) is 0 Å². The van der Waals surface area contributed by atoms with E-state index in [0.29, 0.717) is 12.4 Å². The lowest BCUT2D eigenvalue weighted by Crippen LogP contribution is -2.10. The first-order chi connectivity index (χ1) is 10.5. The summed E-state index contributed by atoms with van der Waals surface area (Å²) in [6.07, 6.45) is -0.164. The number of benzene rings is 2. The molecule has 0 aliphatic rings. The molecule has 0 fully saturated rings. The van der Waals surface area contributed by atoms with Crippen molar-refractivity contribution in [2.45, 2.75) is 19.9 Å². The number of imidazole rings is 1. The molecule has 22 heavy (non-hydrogen) atoms. The van der Waals surface area contributed by atoms with Gasteiger partial charge in [0.1, 0.15) is 18.1 Å². The molecule has 0 unspecified atom stereocenters. The molecule has 0 aliphatic heterocycles. The monoisotopic (exact) mass is 298 g/mol. The first-order valence-corrected chi connectivity index (χ1v) is 6.95. The van der Waals surface area contributed by atoms with Crippen LogP contribution in [0, 0.1) is 12.7 Å². The molecule has 2 aromatic carbocycles. The van der Waals surface area contributed by atoms with Crippen LogP contribution in [-0.4, -0.2) is 20.6 Å². The van der Waals surface area contributed by atoms with E-state index in [1.54, 1.807) is 6.07 Å². The topological polar surface area (TPSA) is 55.1 Å². The van der Waals surface area contributed by atoms with Crippen molar-refractivity contribution in [3.05, 3.63) is 65.2 Å². The van der Waals surface area contributed by atoms with E-state index in [0.717, 1.165) is 22.2 Å². The van der Waals surface area contributed by atoms with Crippen molar-refractivity contribution in [1.29, 1.82) is 0 Å². The second-order valence-electron chi connectivity index (χ2n) is 5.31. The number of rotatable bonds is 4. The van der Waals surface area contributed by atoms with Crippen LogP contribution in [0.25, 0.3) is 11.0 Å². The molecule has 3 aromatic rings. The largest absolute Gasteiger partial charge is 0.481 e. The molecular weight excluding hydrogens is 283 g/mol. The van der Waals surface area contributed by atoms with Crippen molar-refractivity contribution >= 4 is 17.0 Å². The number of aliphatic carboxylic acids is 1. The maximum Gasteiger partial charge on any atom is 0.311 e. The fraction of sp³-hybridized carbons (Fsp3) is 0.176. The molecular formula is C17H15FN2O2. The number of halogens is 1. The third kappa shape index (κ3) is 2.83. The van der Waals surface area contributed by atoms with Gasteiger partial charge in [-0.1, -0.05) is 18.2 Å². The van der Waals surface area contributed by atoms with Gasteiger partial charge < -0.3 is 9.67 Å². The maximum atomic E-state index is 13.4. The van der Waals surface area contributed by atoms with Crippen molar-refractivity contribution in [2.24, 2.45) is 0 Å². The Morgan fingerprint density at radius 1 is 1.27 bits per heavy atom. The van der Waals surface area contributed by atoms with Gasteiger partial charge in [-0.15, -0.1) is 0 Å². The van der Waals surface area contributed by atoms with Crippen molar-refractivity contribution in [3.63, 3.8) is 0 Å². The molecule has 0 aliphatic carbocycles. The number of carboxylic acid groups (broad SMARTS) is 1. The Kier molecular flexibility index (Phi) is 3.63. The summed E-state index contributed by atoms with van der Waals surface area (Å²) in [7, 11) is 0. The second kappa shape index (κ2) is 5.60. The minimum atomic E-state index is -0.937. The van der Waals surface area contributed by atoms with E-state index in [2.05, 4.69) is 4.98 Å². The first-order valence-electron chi connectivity index (χ1n) is 6.95. The Morgan fingerprint density at radius 3 is 2.82 bits per heavy atom. The van der Waals surface area contributed by atoms with E-state index in [1.807, 2.05) is 35.8 Å². The van der Waals surface area contributed by atoms with Crippen molar-refractivity contribution in [1.82, 2.24) is 9.55 Å². The molecule has 5 heteroatoms. The second-order valence-corrected chi connectivity index (χ2v) is 5.31. The van der Waals surface area contributed by atoms with Crippen LogP contribution in [0.4, 0.5) is 4.39 Å². The number of fused-ring (bicyclic) bond motifs is 1. The van der Waals surface area contributed by atoms with E-state index in [9.17, 15) is 9.18 Å². The minimum Gasteiger partial charge on any atom is -0.481 e. The van der Waals surface area contributed by atoms with Crippen molar-refractivity contribution in [2.75, 3.05) is 0 Å². The van der Waals surface area contributed by atoms with Gasteiger partial charge in [0.15, 0.2) is 0 Å². The summed E-state index contributed by atoms with van der Waals surface area (Å²) in [5.41, 5.74) is 3.44. The average molecular weight is 298 g/mol. The number of hydrogen-bond donors (Lipinski definition) is 1. The molecule has 1 heterocycles. The Morgan fingerprint density at radius 2 is 2.09 bits per heavy atom. The fourth-order valence-electron chi connectivity index (χ4n) is 2.55. The third-order valence-electron chi connectivity index (χ3n) is 3.52. The third-order valence-corrected chi connectivity index (χ3v) is 3.52. The first kappa shape index (κ1) is 14.3. The van der Waals surface area contributed by atoms with Crippen LogP contribution < -0.4 is 0 Å². The highest BCUT2D eigenvalue weighted by molar-refractivity contribution is 5.79. The normalized spacial score (nSPS) is 11.0. The van der Waals surface area contributed by atoms with Gasteiger partial charge in [-0.3, -0.25) is 4.79 Å². The van der Waals surface area contributed by atoms with Gasteiger partial charge >= 0.3 is 5.97 Å². The van der Waals surface area contributed by atoms with E-state index in [1.165, 1.54) is 12.1 Å². The van der Waals surface area contributed by atoms with Crippen LogP contribution in [0.5, 0.6) is 0 Å². The van der Waals surface area contributed by atoms with E-state index >= 15 is 0 Å². The number of nitrogens with zero attached hydrogens (tertiary/aromatic N) is 2. The lowest BCUT2D eigenvalue weighted by Gasteiger charge is -2.08. The Hall–Kier alpha value is -2.69. The van der Waals surface area contributed by atoms with Crippen LogP contribution in [0.3, 0.4) is 0 Å². The number of carboxylic acids is 1. The fourth-order valence-corrected chi connectivity index (χ4v) is 2.55. The van der Waals surface area contributed by atoms with Gasteiger partial charge in [-0.05, 0) is 42.3 Å². The summed E-state index contributed by atoms with van der Waals surface area (Å²) in [6.45, 7) is 2.35.